The molecule has 0 aromatic heterocycles. The summed E-state index contributed by atoms with van der Waals surface area (Å²) in [7, 11) is -6.34. The number of rotatable bonds is 12. The molecule has 7 heteroatoms. The molecule has 0 heterocycles. The number of benzene rings is 1. The van der Waals surface area contributed by atoms with E-state index in [1.54, 1.807) is 26.0 Å². The Bertz CT molecular complexity index is 809. The first kappa shape index (κ1) is 24.4. The number of aryl methyl sites for hydroxylation is 1. The van der Waals surface area contributed by atoms with Crippen LogP contribution in [-0.2, 0) is 26.3 Å². The van der Waals surface area contributed by atoms with Crippen molar-refractivity contribution in [3.05, 3.63) is 29.8 Å². The number of unbranched alkanes of at least 4 members (excludes halogenated alkanes) is 4. The Balaban J connectivity index is 1.68. The molecule has 1 aromatic rings. The third-order valence-electron chi connectivity index (χ3n) is 5.77. The van der Waals surface area contributed by atoms with Crippen LogP contribution in [0.5, 0.6) is 0 Å². The van der Waals surface area contributed by atoms with E-state index in [-0.39, 0.29) is 17.0 Å². The Morgan fingerprint density at radius 1 is 0.862 bits per heavy atom. The fourth-order valence-corrected chi connectivity index (χ4v) is 6.12. The van der Waals surface area contributed by atoms with E-state index in [2.05, 4.69) is 4.72 Å². The highest BCUT2D eigenvalue weighted by Gasteiger charge is 2.21. The Labute approximate surface area is 177 Å². The van der Waals surface area contributed by atoms with Crippen molar-refractivity contribution in [2.24, 2.45) is 0 Å². The summed E-state index contributed by atoms with van der Waals surface area (Å²) in [5.41, 5.74) is 1.14. The average Bonchev–Trinajstić information content (AvgIpc) is 2.68. The van der Waals surface area contributed by atoms with Crippen molar-refractivity contribution >= 4 is 19.9 Å². The Hall–Kier alpha value is -0.920. The minimum atomic E-state index is -3.43. The van der Waals surface area contributed by atoms with E-state index in [1.807, 2.05) is 12.1 Å². The molecule has 29 heavy (non-hydrogen) atoms. The van der Waals surface area contributed by atoms with Crippen molar-refractivity contribution in [3.63, 3.8) is 0 Å². The molecular weight excluding hydrogens is 406 g/mol. The maximum Gasteiger partial charge on any atom is 0.240 e. The first-order valence-corrected chi connectivity index (χ1v) is 14.2. The summed E-state index contributed by atoms with van der Waals surface area (Å²) in [4.78, 5) is 0.346. The minimum Gasteiger partial charge on any atom is -0.229 e. The van der Waals surface area contributed by atoms with E-state index in [4.69, 9.17) is 0 Å². The largest absolute Gasteiger partial charge is 0.240 e. The molecule has 0 unspecified atom stereocenters. The maximum atomic E-state index is 12.5. The molecule has 166 valence electrons. The summed E-state index contributed by atoms with van der Waals surface area (Å²) in [6.07, 6.45) is 11.0. The normalized spacial score (nSPS) is 16.4. The molecule has 0 saturated heterocycles. The zero-order valence-electron chi connectivity index (χ0n) is 17.9. The molecular formula is C22H37NO4S2. The summed E-state index contributed by atoms with van der Waals surface area (Å²) in [6.45, 7) is 3.47. The first-order valence-electron chi connectivity index (χ1n) is 11.0. The van der Waals surface area contributed by atoms with Crippen molar-refractivity contribution in [1.29, 1.82) is 0 Å². The zero-order valence-corrected chi connectivity index (χ0v) is 19.5. The number of sulfonamides is 1. The molecule has 2 rings (SSSR count). The van der Waals surface area contributed by atoms with Crippen LogP contribution in [0.15, 0.2) is 29.2 Å². The van der Waals surface area contributed by atoms with Crippen LogP contribution in [0.2, 0.25) is 0 Å². The van der Waals surface area contributed by atoms with E-state index in [1.165, 1.54) is 6.42 Å². The van der Waals surface area contributed by atoms with Crippen molar-refractivity contribution in [3.8, 4) is 0 Å². The predicted octanol–water partition coefficient (Wildman–Crippen LogP) is 4.61. The Morgan fingerprint density at radius 3 is 2.07 bits per heavy atom. The predicted molar refractivity (Wildman–Crippen MR) is 119 cm³/mol. The lowest BCUT2D eigenvalue weighted by Crippen LogP contribution is -2.36. The van der Waals surface area contributed by atoms with Gasteiger partial charge in [-0.05, 0) is 63.6 Å². The molecule has 1 aliphatic rings. The van der Waals surface area contributed by atoms with Gasteiger partial charge in [-0.1, -0.05) is 50.7 Å². The summed E-state index contributed by atoms with van der Waals surface area (Å²) < 4.78 is 51.4. The van der Waals surface area contributed by atoms with Crippen LogP contribution in [0.1, 0.15) is 83.6 Å². The Morgan fingerprint density at radius 2 is 1.45 bits per heavy atom. The molecule has 5 nitrogen and oxygen atoms in total. The van der Waals surface area contributed by atoms with Gasteiger partial charge >= 0.3 is 0 Å². The molecule has 0 aliphatic heterocycles. The van der Waals surface area contributed by atoms with Gasteiger partial charge in [-0.25, -0.2) is 21.6 Å². The van der Waals surface area contributed by atoms with Gasteiger partial charge in [0, 0.05) is 6.04 Å². The molecule has 0 bridgehead atoms. The molecule has 1 saturated carbocycles. The Kier molecular flexibility index (Phi) is 9.63. The van der Waals surface area contributed by atoms with Gasteiger partial charge in [0.1, 0.15) is 0 Å². The number of hydrogen-bond donors (Lipinski definition) is 1. The van der Waals surface area contributed by atoms with Gasteiger partial charge in [0.25, 0.3) is 0 Å². The molecule has 0 spiro atoms. The molecule has 0 amide bonds. The van der Waals surface area contributed by atoms with E-state index in [9.17, 15) is 16.8 Å². The van der Waals surface area contributed by atoms with E-state index >= 15 is 0 Å². The van der Waals surface area contributed by atoms with Crippen LogP contribution in [0, 0.1) is 0 Å². The van der Waals surface area contributed by atoms with Crippen molar-refractivity contribution < 1.29 is 16.8 Å². The van der Waals surface area contributed by atoms with Gasteiger partial charge in [0.05, 0.1) is 15.9 Å². The van der Waals surface area contributed by atoms with Gasteiger partial charge in [-0.2, -0.15) is 0 Å². The summed E-state index contributed by atoms with van der Waals surface area (Å²) >= 11 is 0. The van der Waals surface area contributed by atoms with Gasteiger partial charge in [-0.3, -0.25) is 0 Å². The van der Waals surface area contributed by atoms with Crippen LogP contribution in [0.4, 0.5) is 0 Å². The summed E-state index contributed by atoms with van der Waals surface area (Å²) in [6, 6.07) is 7.30. The average molecular weight is 444 g/mol. The fraction of sp³-hybridized carbons (Fsp3) is 0.727. The minimum absolute atomic E-state index is 0.0731. The van der Waals surface area contributed by atoms with Gasteiger partial charge in [0.15, 0.2) is 9.84 Å². The third kappa shape index (κ3) is 8.38. The van der Waals surface area contributed by atoms with Crippen molar-refractivity contribution in [2.75, 3.05) is 5.75 Å². The zero-order chi connectivity index (χ0) is 21.3. The second-order valence-electron chi connectivity index (χ2n) is 8.53. The van der Waals surface area contributed by atoms with Crippen LogP contribution < -0.4 is 4.72 Å². The quantitative estimate of drug-likeness (QED) is 0.478. The SMILES string of the molecule is CC(C)S(=O)(=O)CCCCCCCc1ccc(S(=O)(=O)NC2CCCCC2)cc1. The van der Waals surface area contributed by atoms with Gasteiger partial charge < -0.3 is 0 Å². The lowest BCUT2D eigenvalue weighted by molar-refractivity contribution is 0.412. The van der Waals surface area contributed by atoms with Gasteiger partial charge in [0.2, 0.25) is 10.0 Å². The van der Waals surface area contributed by atoms with Crippen molar-refractivity contribution in [1.82, 2.24) is 4.72 Å². The molecule has 0 atom stereocenters. The van der Waals surface area contributed by atoms with Crippen molar-refractivity contribution in [2.45, 2.75) is 101 Å². The number of nitrogens with one attached hydrogen (secondary N) is 1. The second-order valence-corrected chi connectivity index (χ2v) is 12.9. The highest BCUT2D eigenvalue weighted by molar-refractivity contribution is 7.91. The summed E-state index contributed by atoms with van der Waals surface area (Å²) in [5.74, 6) is 0.287. The van der Waals surface area contributed by atoms with Crippen LogP contribution in [0.3, 0.4) is 0 Å². The lowest BCUT2D eigenvalue weighted by atomic mass is 9.96. The number of sulfone groups is 1. The van der Waals surface area contributed by atoms with E-state index in [0.29, 0.717) is 4.90 Å². The monoisotopic (exact) mass is 443 g/mol. The molecule has 1 aromatic carbocycles. The van der Waals surface area contributed by atoms with Crippen LogP contribution in [-0.4, -0.2) is 33.9 Å². The third-order valence-corrected chi connectivity index (χ3v) is 9.60. The van der Waals surface area contributed by atoms with Crippen LogP contribution in [0.25, 0.3) is 0 Å². The summed E-state index contributed by atoms with van der Waals surface area (Å²) in [5, 5.41) is -0.285. The van der Waals surface area contributed by atoms with E-state index in [0.717, 1.165) is 69.8 Å². The first-order chi connectivity index (χ1) is 13.7. The van der Waals surface area contributed by atoms with Gasteiger partial charge in [-0.15, -0.1) is 0 Å². The lowest BCUT2D eigenvalue weighted by Gasteiger charge is -2.22. The fourth-order valence-electron chi connectivity index (χ4n) is 3.74. The smallest absolute Gasteiger partial charge is 0.229 e. The van der Waals surface area contributed by atoms with Crippen LogP contribution >= 0.6 is 0 Å². The van der Waals surface area contributed by atoms with E-state index < -0.39 is 19.9 Å². The molecule has 1 fully saturated rings. The highest BCUT2D eigenvalue weighted by atomic mass is 32.2. The molecule has 1 aliphatic carbocycles. The molecule has 0 radical (unpaired) electrons. The maximum absolute atomic E-state index is 12.5. The number of hydrogen-bond acceptors (Lipinski definition) is 4. The molecule has 1 N–H and O–H groups in total. The topological polar surface area (TPSA) is 80.3 Å². The second kappa shape index (κ2) is 11.5. The highest BCUT2D eigenvalue weighted by Crippen LogP contribution is 2.20. The standard InChI is InChI=1S/C22H37NO4S2/c1-19(2)28(24,25)18-10-5-3-4-7-11-20-14-16-22(17-15-20)29(26,27)23-21-12-8-6-9-13-21/h14-17,19,21,23H,3-13,18H2,1-2H3.